The van der Waals surface area contributed by atoms with Gasteiger partial charge in [0.2, 0.25) is 0 Å². The number of fused-ring (bicyclic) bond motifs is 7. The largest absolute Gasteiger partial charge is 0.394 e. The highest BCUT2D eigenvalue weighted by Crippen LogP contribution is 2.71. The van der Waals surface area contributed by atoms with E-state index in [1.54, 1.807) is 0 Å². The van der Waals surface area contributed by atoms with Crippen LogP contribution in [0.4, 0.5) is 0 Å². The fraction of sp³-hybridized carbons (Fsp3) is 1.00. The van der Waals surface area contributed by atoms with Gasteiger partial charge in [0, 0.05) is 0 Å². The van der Waals surface area contributed by atoms with Gasteiger partial charge in [-0.05, 0) is 111 Å². The van der Waals surface area contributed by atoms with Gasteiger partial charge in [-0.15, -0.1) is 0 Å². The second-order valence-electron chi connectivity index (χ2n) is 18.8. The van der Waals surface area contributed by atoms with Gasteiger partial charge in [0.25, 0.3) is 0 Å². The van der Waals surface area contributed by atoms with E-state index in [1.807, 2.05) is 0 Å². The molecular weight excluding hydrogens is 692 g/mol. The number of hydrogen-bond acceptors (Lipinski definition) is 14. The van der Waals surface area contributed by atoms with Crippen molar-refractivity contribution in [1.82, 2.24) is 0 Å². The van der Waals surface area contributed by atoms with Gasteiger partial charge in [-0.1, -0.05) is 20.8 Å². The van der Waals surface area contributed by atoms with Crippen LogP contribution in [0.15, 0.2) is 0 Å². The quantitative estimate of drug-likeness (QED) is 0.170. The molecule has 53 heavy (non-hydrogen) atoms. The molecule has 8 aliphatic rings. The van der Waals surface area contributed by atoms with E-state index in [0.29, 0.717) is 55.1 Å². The first-order valence-electron chi connectivity index (χ1n) is 20.4. The first-order chi connectivity index (χ1) is 25.2. The van der Waals surface area contributed by atoms with Crippen LogP contribution >= 0.6 is 0 Å². The summed E-state index contributed by atoms with van der Waals surface area (Å²) in [6.07, 6.45) is -7.69. The van der Waals surface area contributed by atoms with Gasteiger partial charge >= 0.3 is 0 Å². The molecule has 8 rings (SSSR count). The summed E-state index contributed by atoms with van der Waals surface area (Å²) in [6.45, 7) is 8.86. The number of aliphatic hydroxyl groups is 8. The topological polar surface area (TPSA) is 217 Å². The van der Waals surface area contributed by atoms with Gasteiger partial charge in [-0.2, -0.15) is 0 Å². The smallest absolute Gasteiger partial charge is 0.187 e. The molecule has 4 saturated heterocycles. The molecule has 0 aromatic rings. The SMILES string of the molecule is C[C@@H]1CC[C@]2(CO1)O[C@H]1C[C@H]3[C@@H]4CC[C@@H]5C[C@@H](O[C@@H]6O[C@H](CO)[C@H](O)[C@H](O)[C@H]6O[C@@H]6O[C@H](CO)[C@@H](O)[C@H](O)[C@H]6O)[C@@H](O)C[C@]5(C)[C@H]4CC[C@]3(C)[C@H]1[C@@H]2C. The summed E-state index contributed by atoms with van der Waals surface area (Å²) < 4.78 is 37.0. The van der Waals surface area contributed by atoms with Crippen LogP contribution in [0.2, 0.25) is 0 Å². The van der Waals surface area contributed by atoms with Gasteiger partial charge < -0.3 is 69.3 Å². The van der Waals surface area contributed by atoms with E-state index < -0.39 is 86.8 Å². The third kappa shape index (κ3) is 6.20. The summed E-state index contributed by atoms with van der Waals surface area (Å²) in [6, 6.07) is 0. The third-order valence-corrected chi connectivity index (χ3v) is 16.4. The molecule has 0 unspecified atom stereocenters. The second kappa shape index (κ2) is 14.4. The summed E-state index contributed by atoms with van der Waals surface area (Å²) >= 11 is 0. The molecule has 8 fully saturated rings. The molecule has 4 aliphatic heterocycles. The molecule has 23 atom stereocenters. The van der Waals surface area contributed by atoms with Gasteiger partial charge in [0.15, 0.2) is 12.6 Å². The maximum Gasteiger partial charge on any atom is 0.187 e. The maximum atomic E-state index is 11.8. The summed E-state index contributed by atoms with van der Waals surface area (Å²) in [5.74, 6) is 2.83. The van der Waals surface area contributed by atoms with Gasteiger partial charge in [0.1, 0.15) is 48.8 Å². The first kappa shape index (κ1) is 39.3. The Bertz CT molecular complexity index is 1300. The highest BCUT2D eigenvalue weighted by Gasteiger charge is 2.69. The van der Waals surface area contributed by atoms with Crippen LogP contribution in [-0.2, 0) is 28.4 Å². The maximum absolute atomic E-state index is 11.8. The molecule has 304 valence electrons. The number of rotatable bonds is 6. The van der Waals surface area contributed by atoms with E-state index in [2.05, 4.69) is 27.7 Å². The van der Waals surface area contributed by atoms with E-state index in [-0.39, 0.29) is 28.5 Å². The lowest BCUT2D eigenvalue weighted by atomic mass is 9.44. The fourth-order valence-electron chi connectivity index (χ4n) is 13.3. The van der Waals surface area contributed by atoms with Crippen LogP contribution in [0, 0.1) is 46.3 Å². The Morgan fingerprint density at radius 3 is 2.08 bits per heavy atom. The Morgan fingerprint density at radius 2 is 1.40 bits per heavy atom. The normalized spacial score (nSPS) is 59.5. The van der Waals surface area contributed by atoms with Crippen LogP contribution in [0.5, 0.6) is 0 Å². The Labute approximate surface area is 312 Å². The molecule has 1 spiro atoms. The summed E-state index contributed by atoms with van der Waals surface area (Å²) in [7, 11) is 0. The predicted octanol–water partition coefficient (Wildman–Crippen LogP) is 0.208. The van der Waals surface area contributed by atoms with E-state index in [4.69, 9.17) is 28.4 Å². The first-order valence-corrected chi connectivity index (χ1v) is 20.4. The Kier molecular flexibility index (Phi) is 10.6. The van der Waals surface area contributed by atoms with Crippen LogP contribution < -0.4 is 0 Å². The van der Waals surface area contributed by atoms with E-state index in [1.165, 1.54) is 0 Å². The zero-order valence-corrected chi connectivity index (χ0v) is 31.6. The van der Waals surface area contributed by atoms with Crippen molar-refractivity contribution in [3.05, 3.63) is 0 Å². The van der Waals surface area contributed by atoms with Gasteiger partial charge in [0.05, 0.1) is 49.8 Å². The van der Waals surface area contributed by atoms with E-state index in [9.17, 15) is 40.9 Å². The standard InChI is InChI=1S/C39H64O14/c1-17-7-10-39(16-48-17)18(2)28-25(53-39)12-22-20-6-5-19-11-24(23(42)13-38(19,4)21(20)8-9-37(22,28)3)49-36-34(32(46)30(44)27(15-41)51-36)52-35-33(47)31(45)29(43)26(14-40)50-35/h17-36,40-47H,5-16H2,1-4H3/t17-,18+,19-,20-,21+,22+,23+,24-,25+,26-,27-,28+,29-,30+,31+,32+,33-,34-,35+,36-,37+,38+,39-/m1/s1. The molecule has 14 nitrogen and oxygen atoms in total. The minimum atomic E-state index is -1.76. The lowest BCUT2D eigenvalue weighted by Crippen LogP contribution is -2.65. The van der Waals surface area contributed by atoms with Gasteiger partial charge in [-0.25, -0.2) is 0 Å². The van der Waals surface area contributed by atoms with E-state index in [0.717, 1.165) is 44.9 Å². The van der Waals surface area contributed by atoms with Crippen LogP contribution in [0.25, 0.3) is 0 Å². The number of hydrogen-bond donors (Lipinski definition) is 8. The monoisotopic (exact) mass is 756 g/mol. The fourth-order valence-corrected chi connectivity index (χ4v) is 13.3. The average molecular weight is 757 g/mol. The van der Waals surface area contributed by atoms with Crippen molar-refractivity contribution in [3.63, 3.8) is 0 Å². The van der Waals surface area contributed by atoms with Crippen LogP contribution in [0.3, 0.4) is 0 Å². The minimum Gasteiger partial charge on any atom is -0.394 e. The van der Waals surface area contributed by atoms with Crippen molar-refractivity contribution in [1.29, 1.82) is 0 Å². The Morgan fingerprint density at radius 1 is 0.698 bits per heavy atom. The molecule has 8 N–H and O–H groups in total. The second-order valence-corrected chi connectivity index (χ2v) is 18.8. The Balaban J connectivity index is 0.962. The van der Waals surface area contributed by atoms with Crippen molar-refractivity contribution in [3.8, 4) is 0 Å². The molecule has 0 aromatic heterocycles. The molecule has 0 bridgehead atoms. The van der Waals surface area contributed by atoms with Crippen molar-refractivity contribution in [2.75, 3.05) is 19.8 Å². The van der Waals surface area contributed by atoms with Crippen molar-refractivity contribution >= 4 is 0 Å². The zero-order chi connectivity index (χ0) is 37.8. The van der Waals surface area contributed by atoms with E-state index >= 15 is 0 Å². The summed E-state index contributed by atoms with van der Waals surface area (Å²) in [4.78, 5) is 0. The molecule has 4 heterocycles. The van der Waals surface area contributed by atoms with Crippen molar-refractivity contribution in [2.45, 2.75) is 177 Å². The molecule has 0 radical (unpaired) electrons. The Hall–Kier alpha value is -0.560. The number of aliphatic hydroxyl groups excluding tert-OH is 8. The molecular formula is C39H64O14. The van der Waals surface area contributed by atoms with Crippen molar-refractivity contribution in [2.24, 2.45) is 46.3 Å². The van der Waals surface area contributed by atoms with Gasteiger partial charge in [-0.3, -0.25) is 0 Å². The lowest BCUT2D eigenvalue weighted by Gasteiger charge is -2.62. The summed E-state index contributed by atoms with van der Waals surface area (Å²) in [5.41, 5.74) is -0.0564. The molecule has 14 heteroatoms. The predicted molar refractivity (Wildman–Crippen MR) is 185 cm³/mol. The average Bonchev–Trinajstić information content (AvgIpc) is 3.58. The molecule has 4 aliphatic carbocycles. The molecule has 4 saturated carbocycles. The van der Waals surface area contributed by atoms with Crippen molar-refractivity contribution < 1.29 is 69.3 Å². The molecule has 0 aromatic carbocycles. The zero-order valence-electron chi connectivity index (χ0n) is 31.6. The summed E-state index contributed by atoms with van der Waals surface area (Å²) in [5, 5.41) is 84.5. The van der Waals surface area contributed by atoms with Crippen LogP contribution in [-0.4, -0.2) is 152 Å². The lowest BCUT2D eigenvalue weighted by molar-refractivity contribution is -0.376. The molecule has 0 amide bonds. The highest BCUT2D eigenvalue weighted by atomic mass is 16.8. The number of ether oxygens (including phenoxy) is 6. The van der Waals surface area contributed by atoms with Crippen LogP contribution in [0.1, 0.15) is 85.5 Å². The highest BCUT2D eigenvalue weighted by molar-refractivity contribution is 5.17. The third-order valence-electron chi connectivity index (χ3n) is 16.4. The minimum absolute atomic E-state index is 0.106.